The minimum Gasteiger partial charge on any atom is -0.449 e. The van der Waals surface area contributed by atoms with E-state index in [1.807, 2.05) is 109 Å². The second-order valence-electron chi connectivity index (χ2n) is 14.1. The standard InChI is InChI=1S/C47H39N5O3/c53-46(51-42(26-34-27-48-41-21-11-10-16-35(34)41)45-49-28-44(50-45)32-13-2-1-3-14-32)43(25-30-22-23-31-12-4-5-15-33(31)24-30)52-47(54)55-29-40-38-19-8-6-17-36(38)37-18-7-9-20-39(37)40/h1-24,27-28,40,42-43,48H,25-26,29H2,(H,49,50)(H,51,53)(H,52,54)/t42-,43?/m1/s1. The number of hydrogen-bond acceptors (Lipinski definition) is 4. The summed E-state index contributed by atoms with van der Waals surface area (Å²) in [6, 6.07) is 47.3. The number of H-pyrrole nitrogens is 2. The molecule has 0 bridgehead atoms. The quantitative estimate of drug-likeness (QED) is 0.107. The van der Waals surface area contributed by atoms with E-state index in [4.69, 9.17) is 9.72 Å². The number of aromatic amines is 2. The van der Waals surface area contributed by atoms with Crippen LogP contribution in [0.5, 0.6) is 0 Å². The van der Waals surface area contributed by atoms with Gasteiger partial charge < -0.3 is 25.3 Å². The Labute approximate surface area is 318 Å². The minimum absolute atomic E-state index is 0.107. The van der Waals surface area contributed by atoms with E-state index in [1.54, 1.807) is 6.20 Å². The van der Waals surface area contributed by atoms with Crippen LogP contribution in [0.2, 0.25) is 0 Å². The average molecular weight is 722 g/mol. The summed E-state index contributed by atoms with van der Waals surface area (Å²) in [6.45, 7) is 0.141. The van der Waals surface area contributed by atoms with Crippen LogP contribution >= 0.6 is 0 Å². The van der Waals surface area contributed by atoms with Crippen molar-refractivity contribution >= 4 is 33.7 Å². The van der Waals surface area contributed by atoms with Crippen LogP contribution in [0, 0.1) is 0 Å². The fourth-order valence-electron chi connectivity index (χ4n) is 7.88. The van der Waals surface area contributed by atoms with Crippen molar-refractivity contribution in [3.63, 3.8) is 0 Å². The third-order valence-corrected chi connectivity index (χ3v) is 10.6. The van der Waals surface area contributed by atoms with Gasteiger partial charge in [-0.2, -0.15) is 0 Å². The second kappa shape index (κ2) is 14.8. The molecule has 6 aromatic carbocycles. The molecule has 0 saturated heterocycles. The fourth-order valence-corrected chi connectivity index (χ4v) is 7.88. The van der Waals surface area contributed by atoms with Crippen LogP contribution in [0.15, 0.2) is 158 Å². The predicted octanol–water partition coefficient (Wildman–Crippen LogP) is 9.26. The Bertz CT molecular complexity index is 2600. The first-order valence-corrected chi connectivity index (χ1v) is 18.6. The van der Waals surface area contributed by atoms with Crippen molar-refractivity contribution in [1.82, 2.24) is 25.6 Å². The van der Waals surface area contributed by atoms with E-state index in [0.29, 0.717) is 12.2 Å². The molecular formula is C47H39N5O3. The summed E-state index contributed by atoms with van der Waals surface area (Å²) in [4.78, 5) is 39.9. The van der Waals surface area contributed by atoms with Crippen LogP contribution < -0.4 is 10.6 Å². The van der Waals surface area contributed by atoms with Crippen molar-refractivity contribution in [2.75, 3.05) is 6.61 Å². The highest BCUT2D eigenvalue weighted by Gasteiger charge is 2.31. The molecule has 2 heterocycles. The maximum absolute atomic E-state index is 14.6. The van der Waals surface area contributed by atoms with Crippen LogP contribution in [-0.2, 0) is 22.4 Å². The van der Waals surface area contributed by atoms with Crippen LogP contribution in [-0.4, -0.2) is 39.6 Å². The summed E-state index contributed by atoms with van der Waals surface area (Å²) in [5, 5.41) is 9.45. The highest BCUT2D eigenvalue weighted by Crippen LogP contribution is 2.44. The number of nitrogens with zero attached hydrogens (tertiary/aromatic N) is 1. The summed E-state index contributed by atoms with van der Waals surface area (Å²) in [5.41, 5.74) is 9.33. The van der Waals surface area contributed by atoms with Gasteiger partial charge in [0.15, 0.2) is 0 Å². The topological polar surface area (TPSA) is 112 Å². The Morgan fingerprint density at radius 3 is 2.20 bits per heavy atom. The van der Waals surface area contributed by atoms with E-state index in [2.05, 4.69) is 63.1 Å². The number of ether oxygens (including phenoxy) is 1. The van der Waals surface area contributed by atoms with Gasteiger partial charge in [-0.05, 0) is 55.8 Å². The number of carbonyl (C=O) groups excluding carboxylic acids is 2. The number of nitrogens with one attached hydrogen (secondary N) is 4. The Kier molecular flexibility index (Phi) is 9.14. The summed E-state index contributed by atoms with van der Waals surface area (Å²) < 4.78 is 5.95. The molecule has 2 amide bonds. The number of alkyl carbamates (subject to hydrolysis) is 1. The summed E-state index contributed by atoms with van der Waals surface area (Å²) in [5.74, 6) is 0.163. The lowest BCUT2D eigenvalue weighted by Crippen LogP contribution is -2.49. The highest BCUT2D eigenvalue weighted by molar-refractivity contribution is 5.88. The molecule has 9 rings (SSSR count). The monoisotopic (exact) mass is 721 g/mol. The van der Waals surface area contributed by atoms with Crippen LogP contribution in [0.3, 0.4) is 0 Å². The van der Waals surface area contributed by atoms with Crippen molar-refractivity contribution < 1.29 is 14.3 Å². The Morgan fingerprint density at radius 1 is 0.709 bits per heavy atom. The second-order valence-corrected chi connectivity index (χ2v) is 14.1. The molecule has 2 atom stereocenters. The number of rotatable bonds is 11. The van der Waals surface area contributed by atoms with Crippen molar-refractivity contribution in [2.45, 2.75) is 30.8 Å². The molecule has 55 heavy (non-hydrogen) atoms. The van der Waals surface area contributed by atoms with Gasteiger partial charge in [0.05, 0.1) is 17.9 Å². The number of fused-ring (bicyclic) bond motifs is 5. The molecule has 8 nitrogen and oxygen atoms in total. The van der Waals surface area contributed by atoms with E-state index >= 15 is 0 Å². The number of para-hydroxylation sites is 1. The van der Waals surface area contributed by atoms with Crippen molar-refractivity contribution in [3.8, 4) is 22.4 Å². The largest absolute Gasteiger partial charge is 0.449 e. The molecule has 0 saturated carbocycles. The van der Waals surface area contributed by atoms with E-state index in [0.717, 1.165) is 66.3 Å². The molecule has 270 valence electrons. The van der Waals surface area contributed by atoms with Crippen LogP contribution in [0.1, 0.15) is 40.0 Å². The highest BCUT2D eigenvalue weighted by atomic mass is 16.5. The molecular weight excluding hydrogens is 683 g/mol. The Morgan fingerprint density at radius 2 is 1.40 bits per heavy atom. The number of benzene rings is 6. The zero-order valence-electron chi connectivity index (χ0n) is 30.0. The fraction of sp³-hybridized carbons (Fsp3) is 0.128. The first-order chi connectivity index (χ1) is 27.1. The third-order valence-electron chi connectivity index (χ3n) is 10.6. The van der Waals surface area contributed by atoms with Gasteiger partial charge in [0, 0.05) is 35.9 Å². The molecule has 1 unspecified atom stereocenters. The van der Waals surface area contributed by atoms with Crippen molar-refractivity contribution in [2.24, 2.45) is 0 Å². The minimum atomic E-state index is -0.939. The number of imidazole rings is 1. The van der Waals surface area contributed by atoms with E-state index in [-0.39, 0.29) is 24.9 Å². The number of hydrogen-bond donors (Lipinski definition) is 4. The molecule has 1 aliphatic carbocycles. The van der Waals surface area contributed by atoms with Gasteiger partial charge in [0.2, 0.25) is 5.91 Å². The normalized spacial score (nSPS) is 13.2. The Balaban J connectivity index is 0.999. The maximum atomic E-state index is 14.6. The van der Waals surface area contributed by atoms with Gasteiger partial charge in [-0.25, -0.2) is 9.78 Å². The van der Waals surface area contributed by atoms with E-state index < -0.39 is 18.2 Å². The average Bonchev–Trinajstić information content (AvgIpc) is 3.97. The van der Waals surface area contributed by atoms with Crippen molar-refractivity contribution in [1.29, 1.82) is 0 Å². The zero-order valence-corrected chi connectivity index (χ0v) is 30.0. The van der Waals surface area contributed by atoms with Gasteiger partial charge in [-0.1, -0.05) is 140 Å². The third kappa shape index (κ3) is 6.98. The number of amides is 2. The zero-order chi connectivity index (χ0) is 37.1. The first kappa shape index (κ1) is 33.9. The SMILES string of the molecule is O=C(NC(Cc1ccc2ccccc2c1)C(=O)N[C@H](Cc1c[nH]c2ccccc12)c1ncc(-c2ccccc2)[nH]1)OCC1c2ccccc2-c2ccccc21. The molecule has 2 aromatic heterocycles. The number of aromatic nitrogens is 3. The molecule has 1 aliphatic rings. The molecule has 0 fully saturated rings. The predicted molar refractivity (Wildman–Crippen MR) is 217 cm³/mol. The van der Waals surface area contributed by atoms with Gasteiger partial charge in [0.25, 0.3) is 0 Å². The van der Waals surface area contributed by atoms with Crippen LogP contribution in [0.25, 0.3) is 44.1 Å². The summed E-state index contributed by atoms with van der Waals surface area (Å²) in [6.07, 6.45) is 3.84. The lowest BCUT2D eigenvalue weighted by Gasteiger charge is -2.23. The Hall–Kier alpha value is -6.93. The smallest absolute Gasteiger partial charge is 0.407 e. The van der Waals surface area contributed by atoms with Gasteiger partial charge in [-0.3, -0.25) is 4.79 Å². The lowest BCUT2D eigenvalue weighted by atomic mass is 9.98. The molecule has 8 aromatic rings. The van der Waals surface area contributed by atoms with Gasteiger partial charge in [0.1, 0.15) is 18.5 Å². The summed E-state index contributed by atoms with van der Waals surface area (Å²) >= 11 is 0. The molecule has 4 N–H and O–H groups in total. The van der Waals surface area contributed by atoms with Gasteiger partial charge >= 0.3 is 6.09 Å². The number of carbonyl (C=O) groups is 2. The lowest BCUT2D eigenvalue weighted by molar-refractivity contribution is -0.123. The van der Waals surface area contributed by atoms with E-state index in [9.17, 15) is 9.59 Å². The van der Waals surface area contributed by atoms with Crippen molar-refractivity contribution in [3.05, 3.63) is 186 Å². The summed E-state index contributed by atoms with van der Waals surface area (Å²) in [7, 11) is 0. The molecule has 0 aliphatic heterocycles. The molecule has 8 heteroatoms. The molecule has 0 spiro atoms. The molecule has 0 radical (unpaired) electrons. The maximum Gasteiger partial charge on any atom is 0.407 e. The first-order valence-electron chi connectivity index (χ1n) is 18.6. The van der Waals surface area contributed by atoms with Gasteiger partial charge in [-0.15, -0.1) is 0 Å². The van der Waals surface area contributed by atoms with E-state index in [1.165, 1.54) is 0 Å². The van der Waals surface area contributed by atoms with Crippen LogP contribution in [0.4, 0.5) is 4.79 Å².